The van der Waals surface area contributed by atoms with Gasteiger partial charge in [-0.3, -0.25) is 4.79 Å². The fourth-order valence-corrected chi connectivity index (χ4v) is 2.90. The quantitative estimate of drug-likeness (QED) is 0.797. The lowest BCUT2D eigenvalue weighted by Crippen LogP contribution is -2.18. The molecule has 1 aliphatic heterocycles. The minimum Gasteiger partial charge on any atom is -0.372 e. The number of anilines is 2. The summed E-state index contributed by atoms with van der Waals surface area (Å²) in [4.78, 5) is 14.6. The van der Waals surface area contributed by atoms with Gasteiger partial charge in [-0.05, 0) is 84.0 Å². The van der Waals surface area contributed by atoms with Crippen LogP contribution in [0.4, 0.5) is 11.4 Å². The highest BCUT2D eigenvalue weighted by Crippen LogP contribution is 2.21. The Morgan fingerprint density at radius 1 is 0.952 bits per heavy atom. The molecule has 1 saturated heterocycles. The first-order valence-electron chi connectivity index (χ1n) is 7.14. The number of nitrogens with one attached hydrogen (secondary N) is 1. The Morgan fingerprint density at radius 3 is 2.19 bits per heavy atom. The standard InChI is InChI=1S/C17H17IN2O/c18-14-5-7-15(8-6-14)19-17(21)13-3-9-16(10-4-13)20-11-1-2-12-20/h3-10H,1-2,11-12H2,(H,19,21). The van der Waals surface area contributed by atoms with E-state index >= 15 is 0 Å². The lowest BCUT2D eigenvalue weighted by molar-refractivity contribution is 0.102. The van der Waals surface area contributed by atoms with Gasteiger partial charge in [0.05, 0.1) is 0 Å². The first kappa shape index (κ1) is 14.4. The molecule has 1 aliphatic rings. The second-order valence-electron chi connectivity index (χ2n) is 5.20. The summed E-state index contributed by atoms with van der Waals surface area (Å²) in [6.45, 7) is 2.24. The first-order valence-corrected chi connectivity index (χ1v) is 8.22. The van der Waals surface area contributed by atoms with Crippen LogP contribution in [0.5, 0.6) is 0 Å². The molecule has 0 unspecified atom stereocenters. The normalized spacial score (nSPS) is 14.2. The lowest BCUT2D eigenvalue weighted by Gasteiger charge is -2.17. The summed E-state index contributed by atoms with van der Waals surface area (Å²) in [6.07, 6.45) is 2.52. The molecule has 0 atom stereocenters. The van der Waals surface area contributed by atoms with Crippen molar-refractivity contribution in [1.29, 1.82) is 0 Å². The number of hydrogen-bond acceptors (Lipinski definition) is 2. The number of carbonyl (C=O) groups excluding carboxylic acids is 1. The molecule has 108 valence electrons. The molecule has 2 aromatic rings. The Morgan fingerprint density at radius 2 is 1.57 bits per heavy atom. The third-order valence-electron chi connectivity index (χ3n) is 3.70. The van der Waals surface area contributed by atoms with E-state index in [0.717, 1.165) is 22.3 Å². The van der Waals surface area contributed by atoms with E-state index in [0.29, 0.717) is 5.56 Å². The maximum absolute atomic E-state index is 12.2. The molecule has 4 heteroatoms. The van der Waals surface area contributed by atoms with E-state index in [4.69, 9.17) is 0 Å². The lowest BCUT2D eigenvalue weighted by atomic mass is 10.2. The zero-order valence-electron chi connectivity index (χ0n) is 11.7. The fraction of sp³-hybridized carbons (Fsp3) is 0.235. The predicted octanol–water partition coefficient (Wildman–Crippen LogP) is 4.14. The average molecular weight is 392 g/mol. The number of rotatable bonds is 3. The number of halogens is 1. The molecule has 0 aromatic heterocycles. The highest BCUT2D eigenvalue weighted by atomic mass is 127. The number of nitrogens with zero attached hydrogens (tertiary/aromatic N) is 1. The Labute approximate surface area is 138 Å². The van der Waals surface area contributed by atoms with Crippen molar-refractivity contribution in [1.82, 2.24) is 0 Å². The largest absolute Gasteiger partial charge is 0.372 e. The van der Waals surface area contributed by atoms with Crippen LogP contribution in [0.2, 0.25) is 0 Å². The van der Waals surface area contributed by atoms with Gasteiger partial charge in [0.25, 0.3) is 5.91 Å². The van der Waals surface area contributed by atoms with Crippen LogP contribution in [0.15, 0.2) is 48.5 Å². The summed E-state index contributed by atoms with van der Waals surface area (Å²) in [5.74, 6) is -0.0656. The Kier molecular flexibility index (Phi) is 4.43. The van der Waals surface area contributed by atoms with Crippen molar-refractivity contribution >= 4 is 39.9 Å². The van der Waals surface area contributed by atoms with Crippen LogP contribution in [0.1, 0.15) is 23.2 Å². The third-order valence-corrected chi connectivity index (χ3v) is 4.42. The molecule has 0 aliphatic carbocycles. The zero-order valence-corrected chi connectivity index (χ0v) is 13.8. The van der Waals surface area contributed by atoms with Gasteiger partial charge in [-0.15, -0.1) is 0 Å². The number of carbonyl (C=O) groups is 1. The van der Waals surface area contributed by atoms with E-state index in [1.165, 1.54) is 18.5 Å². The van der Waals surface area contributed by atoms with Crippen molar-refractivity contribution in [2.45, 2.75) is 12.8 Å². The summed E-state index contributed by atoms with van der Waals surface area (Å²) < 4.78 is 1.15. The number of benzene rings is 2. The summed E-state index contributed by atoms with van der Waals surface area (Å²) >= 11 is 2.25. The molecular weight excluding hydrogens is 375 g/mol. The topological polar surface area (TPSA) is 32.3 Å². The van der Waals surface area contributed by atoms with E-state index in [-0.39, 0.29) is 5.91 Å². The summed E-state index contributed by atoms with van der Waals surface area (Å²) in [6, 6.07) is 15.7. The van der Waals surface area contributed by atoms with E-state index in [2.05, 4.69) is 32.8 Å². The molecule has 0 spiro atoms. The summed E-state index contributed by atoms with van der Waals surface area (Å²) in [5.41, 5.74) is 2.72. The van der Waals surface area contributed by atoms with Crippen LogP contribution in [0.25, 0.3) is 0 Å². The SMILES string of the molecule is O=C(Nc1ccc(I)cc1)c1ccc(N2CCCC2)cc1. The molecule has 0 bridgehead atoms. The van der Waals surface area contributed by atoms with Gasteiger partial charge in [-0.1, -0.05) is 0 Å². The second-order valence-corrected chi connectivity index (χ2v) is 6.45. The molecule has 21 heavy (non-hydrogen) atoms. The maximum atomic E-state index is 12.2. The summed E-state index contributed by atoms with van der Waals surface area (Å²) in [7, 11) is 0. The van der Waals surface area contributed by atoms with Crippen LogP contribution in [-0.4, -0.2) is 19.0 Å². The minimum absolute atomic E-state index is 0.0656. The second kappa shape index (κ2) is 6.47. The van der Waals surface area contributed by atoms with Gasteiger partial charge in [0.1, 0.15) is 0 Å². The van der Waals surface area contributed by atoms with Crippen molar-refractivity contribution < 1.29 is 4.79 Å². The molecule has 2 aromatic carbocycles. The highest BCUT2D eigenvalue weighted by molar-refractivity contribution is 14.1. The fourth-order valence-electron chi connectivity index (χ4n) is 2.54. The first-order chi connectivity index (χ1) is 10.2. The smallest absolute Gasteiger partial charge is 0.255 e. The van der Waals surface area contributed by atoms with Gasteiger partial charge in [-0.25, -0.2) is 0 Å². The maximum Gasteiger partial charge on any atom is 0.255 e. The molecule has 3 rings (SSSR count). The van der Waals surface area contributed by atoms with E-state index in [9.17, 15) is 4.79 Å². The minimum atomic E-state index is -0.0656. The third kappa shape index (κ3) is 3.56. The van der Waals surface area contributed by atoms with Gasteiger partial charge >= 0.3 is 0 Å². The van der Waals surface area contributed by atoms with Crippen LogP contribution >= 0.6 is 22.6 Å². The monoisotopic (exact) mass is 392 g/mol. The van der Waals surface area contributed by atoms with E-state index < -0.39 is 0 Å². The van der Waals surface area contributed by atoms with Crippen LogP contribution in [0, 0.1) is 3.57 Å². The van der Waals surface area contributed by atoms with Gasteiger partial charge in [0.15, 0.2) is 0 Å². The molecule has 0 radical (unpaired) electrons. The Hall–Kier alpha value is -1.56. The highest BCUT2D eigenvalue weighted by Gasteiger charge is 2.13. The molecule has 3 nitrogen and oxygen atoms in total. The van der Waals surface area contributed by atoms with Gasteiger partial charge in [-0.2, -0.15) is 0 Å². The van der Waals surface area contributed by atoms with Crippen molar-refractivity contribution in [3.8, 4) is 0 Å². The van der Waals surface area contributed by atoms with Gasteiger partial charge in [0, 0.05) is 33.6 Å². The van der Waals surface area contributed by atoms with Gasteiger partial charge in [0.2, 0.25) is 0 Å². The Balaban J connectivity index is 1.68. The number of hydrogen-bond donors (Lipinski definition) is 1. The Bertz CT molecular complexity index is 616. The van der Waals surface area contributed by atoms with Crippen LogP contribution < -0.4 is 10.2 Å². The van der Waals surface area contributed by atoms with Crippen LogP contribution in [-0.2, 0) is 0 Å². The number of amides is 1. The molecule has 0 saturated carbocycles. The van der Waals surface area contributed by atoms with Gasteiger partial charge < -0.3 is 10.2 Å². The van der Waals surface area contributed by atoms with Crippen LogP contribution in [0.3, 0.4) is 0 Å². The molecule has 1 N–H and O–H groups in total. The summed E-state index contributed by atoms with van der Waals surface area (Å²) in [5, 5.41) is 2.92. The predicted molar refractivity (Wildman–Crippen MR) is 95.0 cm³/mol. The molecular formula is C17H17IN2O. The van der Waals surface area contributed by atoms with E-state index in [1.54, 1.807) is 0 Å². The van der Waals surface area contributed by atoms with Crippen molar-refractivity contribution in [2.24, 2.45) is 0 Å². The molecule has 1 heterocycles. The molecule has 1 amide bonds. The average Bonchev–Trinajstić information content (AvgIpc) is 3.04. The van der Waals surface area contributed by atoms with Crippen molar-refractivity contribution in [3.63, 3.8) is 0 Å². The molecule has 1 fully saturated rings. The van der Waals surface area contributed by atoms with E-state index in [1.807, 2.05) is 48.5 Å². The van der Waals surface area contributed by atoms with Crippen molar-refractivity contribution in [3.05, 3.63) is 57.7 Å². The zero-order chi connectivity index (χ0) is 14.7. The van der Waals surface area contributed by atoms with Crippen molar-refractivity contribution in [2.75, 3.05) is 23.3 Å².